The molecule has 13 heavy (non-hydrogen) atoms. The largest absolute Gasteiger partial charge is 0.465 e. The van der Waals surface area contributed by atoms with E-state index >= 15 is 0 Å². The fourth-order valence-electron chi connectivity index (χ4n) is 1.29. The molecule has 1 aromatic heterocycles. The van der Waals surface area contributed by atoms with Crippen LogP contribution < -0.4 is 5.32 Å². The molecule has 0 aromatic carbocycles. The molecule has 0 radical (unpaired) electrons. The number of ether oxygens (including phenoxy) is 1. The molecule has 70 valence electrons. The van der Waals surface area contributed by atoms with Crippen LogP contribution in [0.3, 0.4) is 0 Å². The fraction of sp³-hybridized carbons (Fsp3) is 0.444. The lowest BCUT2D eigenvalue weighted by Crippen LogP contribution is -2.13. The van der Waals surface area contributed by atoms with Crippen molar-refractivity contribution in [2.24, 2.45) is 0 Å². The highest BCUT2D eigenvalue weighted by molar-refractivity contribution is 7.10. The van der Waals surface area contributed by atoms with Gasteiger partial charge in [-0.25, -0.2) is 0 Å². The second-order valence-corrected chi connectivity index (χ2v) is 3.87. The summed E-state index contributed by atoms with van der Waals surface area (Å²) in [4.78, 5) is 12.4. The highest BCUT2D eigenvalue weighted by atomic mass is 32.1. The van der Waals surface area contributed by atoms with E-state index in [1.165, 1.54) is 4.88 Å². The summed E-state index contributed by atoms with van der Waals surface area (Å²) >= 11 is 1.66. The van der Waals surface area contributed by atoms with Gasteiger partial charge in [0.05, 0.1) is 12.6 Å². The van der Waals surface area contributed by atoms with Crippen LogP contribution in [0.5, 0.6) is 0 Å². The van der Waals surface area contributed by atoms with E-state index in [0.29, 0.717) is 6.61 Å². The van der Waals surface area contributed by atoms with Gasteiger partial charge < -0.3 is 4.74 Å². The molecule has 1 aliphatic heterocycles. The molecule has 2 atom stereocenters. The number of esters is 1. The number of hydrogen-bond donors (Lipinski definition) is 1. The average Bonchev–Trinajstić information content (AvgIpc) is 2.74. The summed E-state index contributed by atoms with van der Waals surface area (Å²) < 4.78 is 4.90. The third kappa shape index (κ3) is 1.73. The molecule has 0 amide bonds. The van der Waals surface area contributed by atoms with Gasteiger partial charge in [0.1, 0.15) is 6.04 Å². The SMILES string of the molecule is CCOC(=O)C1NC1c1cccs1. The maximum Gasteiger partial charge on any atom is 0.325 e. The summed E-state index contributed by atoms with van der Waals surface area (Å²) in [6.45, 7) is 2.27. The van der Waals surface area contributed by atoms with Crippen LogP contribution in [0.2, 0.25) is 0 Å². The Kier molecular flexibility index (Phi) is 2.33. The van der Waals surface area contributed by atoms with Crippen LogP contribution in [0.15, 0.2) is 17.5 Å². The van der Waals surface area contributed by atoms with Gasteiger partial charge in [-0.3, -0.25) is 10.1 Å². The molecule has 3 nitrogen and oxygen atoms in total. The topological polar surface area (TPSA) is 48.2 Å². The van der Waals surface area contributed by atoms with E-state index in [2.05, 4.69) is 5.32 Å². The Morgan fingerprint density at radius 1 is 1.77 bits per heavy atom. The zero-order valence-electron chi connectivity index (χ0n) is 7.32. The van der Waals surface area contributed by atoms with Gasteiger partial charge in [-0.05, 0) is 18.4 Å². The van der Waals surface area contributed by atoms with E-state index < -0.39 is 0 Å². The quantitative estimate of drug-likeness (QED) is 0.587. The Morgan fingerprint density at radius 2 is 2.62 bits per heavy atom. The number of carbonyl (C=O) groups excluding carboxylic acids is 1. The molecule has 1 N–H and O–H groups in total. The molecule has 1 aliphatic rings. The molecule has 0 saturated carbocycles. The molecule has 4 heteroatoms. The summed E-state index contributed by atoms with van der Waals surface area (Å²) in [5, 5.41) is 5.10. The van der Waals surface area contributed by atoms with Gasteiger partial charge in [-0.15, -0.1) is 11.3 Å². The van der Waals surface area contributed by atoms with Crippen LogP contribution >= 0.6 is 11.3 Å². The zero-order chi connectivity index (χ0) is 9.26. The predicted octanol–water partition coefficient (Wildman–Crippen LogP) is 1.32. The van der Waals surface area contributed by atoms with E-state index in [0.717, 1.165) is 0 Å². The van der Waals surface area contributed by atoms with E-state index in [1.54, 1.807) is 11.3 Å². The standard InChI is InChI=1S/C9H11NO2S/c1-2-12-9(11)8-7(10-8)6-4-3-5-13-6/h3-5,7-8,10H,2H2,1H3. The van der Waals surface area contributed by atoms with Crippen molar-refractivity contribution in [3.63, 3.8) is 0 Å². The van der Waals surface area contributed by atoms with Crippen molar-refractivity contribution in [2.75, 3.05) is 6.61 Å². The Morgan fingerprint density at radius 3 is 3.23 bits per heavy atom. The molecule has 0 spiro atoms. The normalized spacial score (nSPS) is 25.6. The van der Waals surface area contributed by atoms with Crippen molar-refractivity contribution < 1.29 is 9.53 Å². The molecule has 2 heterocycles. The van der Waals surface area contributed by atoms with Crippen LogP contribution in [0.4, 0.5) is 0 Å². The summed E-state index contributed by atoms with van der Waals surface area (Å²) in [5.41, 5.74) is 0. The monoisotopic (exact) mass is 197 g/mol. The Hall–Kier alpha value is -0.870. The fourth-order valence-corrected chi connectivity index (χ4v) is 2.11. The number of thiophene rings is 1. The lowest BCUT2D eigenvalue weighted by Gasteiger charge is -1.96. The summed E-state index contributed by atoms with van der Waals surface area (Å²) in [7, 11) is 0. The van der Waals surface area contributed by atoms with Crippen LogP contribution in [-0.2, 0) is 9.53 Å². The van der Waals surface area contributed by atoms with Gasteiger partial charge in [0.2, 0.25) is 0 Å². The smallest absolute Gasteiger partial charge is 0.325 e. The van der Waals surface area contributed by atoms with Crippen molar-refractivity contribution in [3.8, 4) is 0 Å². The first kappa shape index (κ1) is 8.72. The third-order valence-corrected chi connectivity index (χ3v) is 2.93. The van der Waals surface area contributed by atoms with Crippen molar-refractivity contribution in [2.45, 2.75) is 19.0 Å². The van der Waals surface area contributed by atoms with Crippen molar-refractivity contribution in [3.05, 3.63) is 22.4 Å². The van der Waals surface area contributed by atoms with E-state index in [-0.39, 0.29) is 18.1 Å². The van der Waals surface area contributed by atoms with Crippen LogP contribution in [0.1, 0.15) is 17.8 Å². The minimum Gasteiger partial charge on any atom is -0.465 e. The molecule has 0 aliphatic carbocycles. The van der Waals surface area contributed by atoms with E-state index in [9.17, 15) is 4.79 Å². The van der Waals surface area contributed by atoms with Gasteiger partial charge >= 0.3 is 5.97 Å². The summed E-state index contributed by atoms with van der Waals surface area (Å²) in [6.07, 6.45) is 0. The minimum atomic E-state index is -0.138. The molecule has 1 fully saturated rings. The minimum absolute atomic E-state index is 0.112. The highest BCUT2D eigenvalue weighted by Crippen LogP contribution is 2.33. The summed E-state index contributed by atoms with van der Waals surface area (Å²) in [6, 6.07) is 4.10. The van der Waals surface area contributed by atoms with Gasteiger partial charge in [0.15, 0.2) is 0 Å². The number of carbonyl (C=O) groups is 1. The third-order valence-electron chi connectivity index (χ3n) is 1.97. The van der Waals surface area contributed by atoms with Gasteiger partial charge in [-0.1, -0.05) is 6.07 Å². The number of rotatable bonds is 3. The van der Waals surface area contributed by atoms with E-state index in [4.69, 9.17) is 4.74 Å². The van der Waals surface area contributed by atoms with E-state index in [1.807, 2.05) is 24.4 Å². The maximum absolute atomic E-state index is 11.2. The first-order valence-corrected chi connectivity index (χ1v) is 5.17. The van der Waals surface area contributed by atoms with Crippen molar-refractivity contribution >= 4 is 17.3 Å². The second kappa shape index (κ2) is 3.47. The molecule has 0 bridgehead atoms. The van der Waals surface area contributed by atoms with Crippen molar-refractivity contribution in [1.82, 2.24) is 5.32 Å². The Labute approximate surface area is 80.7 Å². The first-order valence-electron chi connectivity index (χ1n) is 4.29. The lowest BCUT2D eigenvalue weighted by molar-refractivity contribution is -0.142. The van der Waals surface area contributed by atoms with Gasteiger partial charge in [0, 0.05) is 4.88 Å². The van der Waals surface area contributed by atoms with Crippen LogP contribution in [0.25, 0.3) is 0 Å². The number of hydrogen-bond acceptors (Lipinski definition) is 4. The van der Waals surface area contributed by atoms with Crippen LogP contribution in [0, 0.1) is 0 Å². The molecular formula is C9H11NO2S. The van der Waals surface area contributed by atoms with Gasteiger partial charge in [-0.2, -0.15) is 0 Å². The molecule has 1 saturated heterocycles. The van der Waals surface area contributed by atoms with Crippen molar-refractivity contribution in [1.29, 1.82) is 0 Å². The molecule has 1 aromatic rings. The zero-order valence-corrected chi connectivity index (χ0v) is 8.14. The predicted molar refractivity (Wildman–Crippen MR) is 50.6 cm³/mol. The van der Waals surface area contributed by atoms with Crippen LogP contribution in [-0.4, -0.2) is 18.6 Å². The van der Waals surface area contributed by atoms with Gasteiger partial charge in [0.25, 0.3) is 0 Å². The molecule has 2 unspecified atom stereocenters. The number of nitrogens with one attached hydrogen (secondary N) is 1. The molecule has 2 rings (SSSR count). The lowest BCUT2D eigenvalue weighted by atomic mass is 10.3. The highest BCUT2D eigenvalue weighted by Gasteiger charge is 2.45. The first-order chi connectivity index (χ1) is 6.33. The summed E-state index contributed by atoms with van der Waals surface area (Å²) in [5.74, 6) is -0.138. The maximum atomic E-state index is 11.2. The second-order valence-electron chi connectivity index (χ2n) is 2.89. The molecular weight excluding hydrogens is 186 g/mol. The Balaban J connectivity index is 1.92. The Bertz CT molecular complexity index is 297. The average molecular weight is 197 g/mol.